The fourth-order valence-corrected chi connectivity index (χ4v) is 8.25. The van der Waals surface area contributed by atoms with Crippen molar-refractivity contribution in [3.8, 4) is 0 Å². The molecule has 3 N–H and O–H groups in total. The number of Topliss-reactive ketones (excluding diaryl/α,β-unsaturated/α-hetero) is 3. The van der Waals surface area contributed by atoms with Crippen molar-refractivity contribution in [1.29, 1.82) is 0 Å². The number of esters is 3. The Labute approximate surface area is 381 Å². The number of aliphatic hydroxyl groups is 3. The van der Waals surface area contributed by atoms with Crippen molar-refractivity contribution < 1.29 is 58.3 Å². The van der Waals surface area contributed by atoms with Crippen LogP contribution >= 0.6 is 0 Å². The average Bonchev–Trinajstić information content (AvgIpc) is 3.31. The van der Waals surface area contributed by atoms with Crippen molar-refractivity contribution in [2.45, 2.75) is 76.7 Å². The number of rotatable bonds is 12. The maximum atomic E-state index is 16.5. The van der Waals surface area contributed by atoms with E-state index in [1.165, 1.54) is 146 Å². The van der Waals surface area contributed by atoms with Crippen LogP contribution in [0, 0.1) is 41.5 Å². The van der Waals surface area contributed by atoms with Crippen molar-refractivity contribution >= 4 is 35.3 Å². The van der Waals surface area contributed by atoms with Gasteiger partial charge in [0.05, 0.1) is 16.7 Å². The smallest absolute Gasteiger partial charge is 0.339 e. The molecule has 0 saturated heterocycles. The fraction of sp³-hybridized carbons (Fsp3) is 0.222. The Morgan fingerprint density at radius 3 is 0.803 bits per heavy atom. The molecule has 1 aliphatic rings. The van der Waals surface area contributed by atoms with Crippen LogP contribution in [0.4, 0.5) is 0 Å². The summed E-state index contributed by atoms with van der Waals surface area (Å²) in [6.45, 7) is 10.3. The van der Waals surface area contributed by atoms with E-state index in [0.717, 1.165) is 0 Å². The molecule has 66 heavy (non-hydrogen) atoms. The van der Waals surface area contributed by atoms with Crippen molar-refractivity contribution in [3.63, 3.8) is 0 Å². The van der Waals surface area contributed by atoms with E-state index in [0.29, 0.717) is 33.4 Å². The van der Waals surface area contributed by atoms with Crippen LogP contribution in [-0.2, 0) is 14.2 Å². The van der Waals surface area contributed by atoms with Gasteiger partial charge in [-0.1, -0.05) is 143 Å². The highest BCUT2D eigenvalue weighted by molar-refractivity contribution is 6.21. The molecule has 7 rings (SSSR count). The van der Waals surface area contributed by atoms with Gasteiger partial charge in [0.15, 0.2) is 0 Å². The average molecular weight is 889 g/mol. The number of aliphatic hydroxyl groups excluding tert-OH is 3. The second-order valence-corrected chi connectivity index (χ2v) is 16.9. The van der Waals surface area contributed by atoms with Crippen LogP contribution in [0.25, 0.3) is 0 Å². The summed E-state index contributed by atoms with van der Waals surface area (Å²) in [6.07, 6.45) is -8.62. The topological polar surface area (TPSA) is 191 Å². The molecule has 0 aliphatic heterocycles. The summed E-state index contributed by atoms with van der Waals surface area (Å²) in [4.78, 5) is 93.8. The van der Waals surface area contributed by atoms with E-state index >= 15 is 19.2 Å². The molecule has 0 heterocycles. The molecule has 6 aromatic carbocycles. The first kappa shape index (κ1) is 46.6. The zero-order valence-corrected chi connectivity index (χ0v) is 37.1. The predicted octanol–water partition coefficient (Wildman–Crippen LogP) is 7.37. The van der Waals surface area contributed by atoms with Gasteiger partial charge in [0.2, 0.25) is 17.3 Å². The zero-order chi connectivity index (χ0) is 47.7. The first-order valence-corrected chi connectivity index (χ1v) is 21.1. The molecule has 12 nitrogen and oxygen atoms in total. The first-order chi connectivity index (χ1) is 31.4. The number of hydrogen-bond acceptors (Lipinski definition) is 12. The van der Waals surface area contributed by atoms with Gasteiger partial charge in [0, 0.05) is 16.7 Å². The lowest BCUT2D eigenvalue weighted by molar-refractivity contribution is -0.293. The summed E-state index contributed by atoms with van der Waals surface area (Å²) < 4.78 is 19.2. The normalized spacial score (nSPS) is 22.4. The SMILES string of the molecule is Cc1ccc(C(=O)OC2(C(=O)c3ccc(C)cc3)[C@@](OC(=O)c3ccc(C)cc3)(C(=O)c3ccc(C)cc3)[C@@H](O)C(O)[C@@H](O)[C@@]2(OC(=O)c2ccc(C)cc2)C(=O)c2ccc(C)cc2)cc1. The molecule has 6 atom stereocenters. The fourth-order valence-electron chi connectivity index (χ4n) is 8.25. The molecular weight excluding hydrogens is 841 g/mol. The van der Waals surface area contributed by atoms with Crippen molar-refractivity contribution in [2.75, 3.05) is 0 Å². The van der Waals surface area contributed by atoms with E-state index in [2.05, 4.69) is 0 Å². The quantitative estimate of drug-likeness (QED) is 0.0629. The highest BCUT2D eigenvalue weighted by atomic mass is 16.7. The van der Waals surface area contributed by atoms with Crippen molar-refractivity contribution in [1.82, 2.24) is 0 Å². The zero-order valence-electron chi connectivity index (χ0n) is 37.1. The maximum Gasteiger partial charge on any atom is 0.339 e. The van der Waals surface area contributed by atoms with Crippen LogP contribution in [0.1, 0.15) is 95.5 Å². The van der Waals surface area contributed by atoms with Crippen molar-refractivity contribution in [2.24, 2.45) is 0 Å². The summed E-state index contributed by atoms with van der Waals surface area (Å²) in [5.74, 6) is -8.77. The third-order valence-electron chi connectivity index (χ3n) is 12.1. The molecule has 0 aromatic heterocycles. The molecule has 1 saturated carbocycles. The van der Waals surface area contributed by atoms with Gasteiger partial charge in [-0.3, -0.25) is 14.4 Å². The minimum atomic E-state index is -3.97. The maximum absolute atomic E-state index is 16.5. The van der Waals surface area contributed by atoms with E-state index < -0.39 is 75.9 Å². The van der Waals surface area contributed by atoms with Gasteiger partial charge in [0.25, 0.3) is 16.8 Å². The van der Waals surface area contributed by atoms with Gasteiger partial charge in [-0.25, -0.2) is 14.4 Å². The largest absolute Gasteiger partial charge is 0.439 e. The summed E-state index contributed by atoms with van der Waals surface area (Å²) in [5, 5.41) is 38.2. The van der Waals surface area contributed by atoms with Gasteiger partial charge in [-0.15, -0.1) is 0 Å². The number of benzene rings is 6. The van der Waals surface area contributed by atoms with Gasteiger partial charge >= 0.3 is 17.9 Å². The summed E-state index contributed by atoms with van der Waals surface area (Å²) in [6, 6.07) is 33.7. The monoisotopic (exact) mass is 888 g/mol. The number of carbonyl (C=O) groups is 6. The number of hydrogen-bond donors (Lipinski definition) is 3. The summed E-state index contributed by atoms with van der Waals surface area (Å²) in [7, 11) is 0. The minimum Gasteiger partial charge on any atom is -0.439 e. The van der Waals surface area contributed by atoms with Crippen LogP contribution in [0.3, 0.4) is 0 Å². The molecule has 0 radical (unpaired) electrons. The van der Waals surface area contributed by atoms with Crippen LogP contribution in [0.15, 0.2) is 146 Å². The third-order valence-corrected chi connectivity index (χ3v) is 12.1. The molecule has 6 aromatic rings. The standard InChI is InChI=1S/C54H48O12/c1-31-7-19-37(20-8-31)44(56)52(64-49(61)40-25-13-34(4)14-26-40)47(59)43(55)48(60)53(45(57)38-21-9-32(2)10-22-38,65-50(62)41-27-15-35(5)16-28-41)54(52,46(58)39-23-11-33(3)12-24-39)66-51(63)42-29-17-36(6)18-30-42/h7-30,43,47-48,55,59-60H,1-6H3/t43?,47-,48+,52+,53-,54?. The molecule has 336 valence electrons. The van der Waals surface area contributed by atoms with Gasteiger partial charge in [-0.05, 0) is 77.9 Å². The van der Waals surface area contributed by atoms with Gasteiger partial charge in [-0.2, -0.15) is 0 Å². The van der Waals surface area contributed by atoms with E-state index in [9.17, 15) is 24.9 Å². The van der Waals surface area contributed by atoms with Crippen molar-refractivity contribution in [3.05, 3.63) is 212 Å². The lowest BCUT2D eigenvalue weighted by Gasteiger charge is -2.60. The lowest BCUT2D eigenvalue weighted by Crippen LogP contribution is -2.91. The predicted molar refractivity (Wildman–Crippen MR) is 243 cm³/mol. The Bertz CT molecular complexity index is 2680. The van der Waals surface area contributed by atoms with Gasteiger partial charge < -0.3 is 29.5 Å². The second-order valence-electron chi connectivity index (χ2n) is 16.9. The molecule has 0 amide bonds. The third kappa shape index (κ3) is 8.04. The molecule has 12 heteroatoms. The molecule has 1 aliphatic carbocycles. The van der Waals surface area contributed by atoms with E-state index in [-0.39, 0.29) is 27.8 Å². The molecule has 2 unspecified atom stereocenters. The number of ether oxygens (including phenoxy) is 3. The Balaban J connectivity index is 1.73. The molecule has 0 bridgehead atoms. The summed E-state index contributed by atoms with van der Waals surface area (Å²) >= 11 is 0. The number of ketones is 3. The first-order valence-electron chi connectivity index (χ1n) is 21.1. The Kier molecular flexibility index (Phi) is 12.9. The molecule has 1 fully saturated rings. The number of carbonyl (C=O) groups excluding carboxylic acids is 6. The van der Waals surface area contributed by atoms with E-state index in [1.54, 1.807) is 41.5 Å². The Morgan fingerprint density at radius 2 is 0.545 bits per heavy atom. The molecular formula is C54H48O12. The minimum absolute atomic E-state index is 0.252. The Morgan fingerprint density at radius 1 is 0.333 bits per heavy atom. The number of aryl methyl sites for hydroxylation is 6. The van der Waals surface area contributed by atoms with Crippen LogP contribution < -0.4 is 0 Å². The van der Waals surface area contributed by atoms with Gasteiger partial charge in [0.1, 0.15) is 18.3 Å². The van der Waals surface area contributed by atoms with E-state index in [4.69, 9.17) is 14.2 Å². The van der Waals surface area contributed by atoms with Crippen LogP contribution in [-0.4, -0.2) is 85.7 Å². The lowest BCUT2D eigenvalue weighted by atomic mass is 9.52. The highest BCUT2D eigenvalue weighted by Gasteiger charge is 2.88. The second kappa shape index (κ2) is 18.2. The van der Waals surface area contributed by atoms with E-state index in [1.807, 2.05) is 0 Å². The van der Waals surface area contributed by atoms with Crippen LogP contribution in [0.2, 0.25) is 0 Å². The highest BCUT2D eigenvalue weighted by Crippen LogP contribution is 2.56. The molecule has 0 spiro atoms. The Hall–Kier alpha value is -7.38. The summed E-state index contributed by atoms with van der Waals surface area (Å²) in [5.41, 5.74) is -9.56. The van der Waals surface area contributed by atoms with Crippen LogP contribution in [0.5, 0.6) is 0 Å².